The van der Waals surface area contributed by atoms with Crippen molar-refractivity contribution in [2.45, 2.75) is 52.0 Å². The lowest BCUT2D eigenvalue weighted by atomic mass is 10.0. The Morgan fingerprint density at radius 2 is 1.75 bits per heavy atom. The molecular formula is C24H27NO6S. The second-order valence-corrected chi connectivity index (χ2v) is 9.80. The van der Waals surface area contributed by atoms with Gasteiger partial charge in [-0.05, 0) is 56.0 Å². The normalized spacial score (nSPS) is 12.8. The molecule has 3 aromatic rings. The Bertz CT molecular complexity index is 1310. The van der Waals surface area contributed by atoms with Crippen LogP contribution < -0.4 is 15.1 Å². The van der Waals surface area contributed by atoms with Crippen LogP contribution in [0.3, 0.4) is 0 Å². The Morgan fingerprint density at radius 1 is 1.09 bits per heavy atom. The van der Waals surface area contributed by atoms with Crippen molar-refractivity contribution in [1.82, 2.24) is 4.72 Å². The van der Waals surface area contributed by atoms with E-state index in [2.05, 4.69) is 4.72 Å². The molecule has 0 fully saturated rings. The first-order valence-electron chi connectivity index (χ1n) is 10.4. The fourth-order valence-electron chi connectivity index (χ4n) is 3.39. The Morgan fingerprint density at radius 3 is 2.34 bits per heavy atom. The Labute approximate surface area is 187 Å². The van der Waals surface area contributed by atoms with E-state index in [1.807, 2.05) is 13.8 Å². The number of hydrogen-bond acceptors (Lipinski definition) is 6. The Hall–Kier alpha value is -2.97. The topological polar surface area (TPSA) is 103 Å². The van der Waals surface area contributed by atoms with Crippen molar-refractivity contribution >= 4 is 27.0 Å². The van der Waals surface area contributed by atoms with Gasteiger partial charge in [-0.25, -0.2) is 18.0 Å². The van der Waals surface area contributed by atoms with Crippen LogP contribution in [0, 0.1) is 19.8 Å². The molecule has 0 amide bonds. The predicted molar refractivity (Wildman–Crippen MR) is 122 cm³/mol. The summed E-state index contributed by atoms with van der Waals surface area (Å²) in [5, 5.41) is 0.768. The van der Waals surface area contributed by atoms with Gasteiger partial charge >= 0.3 is 11.6 Å². The quantitative estimate of drug-likeness (QED) is 0.328. The maximum atomic E-state index is 13.0. The van der Waals surface area contributed by atoms with E-state index >= 15 is 0 Å². The van der Waals surface area contributed by atoms with E-state index in [0.29, 0.717) is 17.6 Å². The first kappa shape index (κ1) is 23.7. The number of aryl methyl sites for hydroxylation is 3. The number of esters is 1. The van der Waals surface area contributed by atoms with Gasteiger partial charge in [-0.2, -0.15) is 4.72 Å². The third-order valence-electron chi connectivity index (χ3n) is 5.32. The van der Waals surface area contributed by atoms with Gasteiger partial charge in [0.2, 0.25) is 10.0 Å². The first-order valence-corrected chi connectivity index (χ1v) is 11.9. The van der Waals surface area contributed by atoms with Crippen LogP contribution >= 0.6 is 0 Å². The van der Waals surface area contributed by atoms with Gasteiger partial charge in [0.1, 0.15) is 17.4 Å². The zero-order valence-corrected chi connectivity index (χ0v) is 19.6. The highest BCUT2D eigenvalue weighted by Gasteiger charge is 2.30. The minimum atomic E-state index is -3.93. The van der Waals surface area contributed by atoms with Gasteiger partial charge in [0.15, 0.2) is 0 Å². The van der Waals surface area contributed by atoms with Gasteiger partial charge in [0.25, 0.3) is 0 Å². The molecule has 3 rings (SSSR count). The van der Waals surface area contributed by atoms with Gasteiger partial charge in [-0.15, -0.1) is 0 Å². The van der Waals surface area contributed by atoms with Crippen LogP contribution in [0.2, 0.25) is 0 Å². The number of benzene rings is 2. The van der Waals surface area contributed by atoms with Crippen molar-refractivity contribution in [3.05, 3.63) is 69.6 Å². The van der Waals surface area contributed by atoms with Crippen LogP contribution in [0.15, 0.2) is 56.6 Å². The number of fused-ring (bicyclic) bond motifs is 1. The van der Waals surface area contributed by atoms with Gasteiger partial charge in [0.05, 0.1) is 4.90 Å². The third-order valence-corrected chi connectivity index (χ3v) is 6.78. The maximum Gasteiger partial charge on any atom is 0.336 e. The summed E-state index contributed by atoms with van der Waals surface area (Å²) in [4.78, 5) is 24.9. The highest BCUT2D eigenvalue weighted by atomic mass is 32.2. The van der Waals surface area contributed by atoms with Gasteiger partial charge < -0.3 is 9.15 Å². The molecule has 0 spiro atoms. The lowest BCUT2D eigenvalue weighted by Crippen LogP contribution is -2.46. The van der Waals surface area contributed by atoms with Crippen LogP contribution in [0.1, 0.15) is 37.5 Å². The average molecular weight is 458 g/mol. The first-order chi connectivity index (χ1) is 15.0. The van der Waals surface area contributed by atoms with E-state index < -0.39 is 27.7 Å². The number of carbonyl (C=O) groups is 1. The standard InChI is InChI=1S/C24H27NO6S/c1-6-17-13-21(26)31-23-16(5)20(12-11-19(17)23)30-24(27)22(14(2)3)25-32(28,29)18-9-7-15(4)8-10-18/h7-14,22,25H,6H2,1-5H3/t22-/m0/s1. The number of sulfonamides is 1. The number of hydrogen-bond donors (Lipinski definition) is 1. The number of carbonyl (C=O) groups excluding carboxylic acids is 1. The molecule has 1 aromatic heterocycles. The van der Waals surface area contributed by atoms with Crippen molar-refractivity contribution in [2.24, 2.45) is 5.92 Å². The summed E-state index contributed by atoms with van der Waals surface area (Å²) >= 11 is 0. The minimum absolute atomic E-state index is 0.0669. The molecule has 32 heavy (non-hydrogen) atoms. The number of ether oxygens (including phenoxy) is 1. The van der Waals surface area contributed by atoms with Gasteiger partial charge in [-0.3, -0.25) is 0 Å². The van der Waals surface area contributed by atoms with Crippen molar-refractivity contribution in [1.29, 1.82) is 0 Å². The van der Waals surface area contributed by atoms with Crippen molar-refractivity contribution in [3.63, 3.8) is 0 Å². The third kappa shape index (κ3) is 4.92. The molecule has 0 aliphatic rings. The zero-order chi connectivity index (χ0) is 23.6. The summed E-state index contributed by atoms with van der Waals surface area (Å²) in [5.41, 5.74) is 2.12. The minimum Gasteiger partial charge on any atom is -0.425 e. The molecule has 1 heterocycles. The van der Waals surface area contributed by atoms with E-state index in [9.17, 15) is 18.0 Å². The fraction of sp³-hybridized carbons (Fsp3) is 0.333. The van der Waals surface area contributed by atoms with Crippen LogP contribution in [-0.2, 0) is 21.2 Å². The van der Waals surface area contributed by atoms with E-state index in [1.54, 1.807) is 45.0 Å². The van der Waals surface area contributed by atoms with Crippen LogP contribution in [-0.4, -0.2) is 20.4 Å². The summed E-state index contributed by atoms with van der Waals surface area (Å²) in [7, 11) is -3.93. The molecule has 8 heteroatoms. The molecule has 0 saturated heterocycles. The highest BCUT2D eigenvalue weighted by Crippen LogP contribution is 2.29. The van der Waals surface area contributed by atoms with Crippen LogP contribution in [0.25, 0.3) is 11.0 Å². The lowest BCUT2D eigenvalue weighted by Gasteiger charge is -2.21. The lowest BCUT2D eigenvalue weighted by molar-refractivity contribution is -0.137. The highest BCUT2D eigenvalue weighted by molar-refractivity contribution is 7.89. The molecule has 1 N–H and O–H groups in total. The van der Waals surface area contributed by atoms with Gasteiger partial charge in [-0.1, -0.05) is 38.5 Å². The molecule has 7 nitrogen and oxygen atoms in total. The molecule has 170 valence electrons. The van der Waals surface area contributed by atoms with Crippen LogP contribution in [0.4, 0.5) is 0 Å². The second-order valence-electron chi connectivity index (χ2n) is 8.09. The summed E-state index contributed by atoms with van der Waals surface area (Å²) in [6.07, 6.45) is 0.650. The molecule has 1 atom stereocenters. The van der Waals surface area contributed by atoms with Crippen molar-refractivity contribution < 1.29 is 22.4 Å². The number of nitrogens with one attached hydrogen (secondary N) is 1. The van der Waals surface area contributed by atoms with E-state index in [4.69, 9.17) is 9.15 Å². The molecule has 0 bridgehead atoms. The summed E-state index contributed by atoms with van der Waals surface area (Å²) in [5.74, 6) is -0.903. The van der Waals surface area contributed by atoms with E-state index in [-0.39, 0.29) is 16.6 Å². The zero-order valence-electron chi connectivity index (χ0n) is 18.8. The Kier molecular flexibility index (Phi) is 6.85. The SMILES string of the molecule is CCc1cc(=O)oc2c(C)c(OC(=O)[C@@H](NS(=O)(=O)c3ccc(C)cc3)C(C)C)ccc12. The average Bonchev–Trinajstić information content (AvgIpc) is 2.73. The molecular weight excluding hydrogens is 430 g/mol. The molecule has 0 unspecified atom stereocenters. The fourth-order valence-corrected chi connectivity index (χ4v) is 4.73. The van der Waals surface area contributed by atoms with E-state index in [1.165, 1.54) is 18.2 Å². The Balaban J connectivity index is 1.91. The number of rotatable bonds is 7. The summed E-state index contributed by atoms with van der Waals surface area (Å²) < 4.78 is 39.0. The van der Waals surface area contributed by atoms with Crippen molar-refractivity contribution in [3.8, 4) is 5.75 Å². The summed E-state index contributed by atoms with van der Waals surface area (Å²) in [6, 6.07) is 10.0. The van der Waals surface area contributed by atoms with Crippen molar-refractivity contribution in [2.75, 3.05) is 0 Å². The molecule has 0 aliphatic heterocycles. The largest absolute Gasteiger partial charge is 0.425 e. The van der Waals surface area contributed by atoms with E-state index in [0.717, 1.165) is 16.5 Å². The second kappa shape index (κ2) is 9.26. The molecule has 0 radical (unpaired) electrons. The maximum absolute atomic E-state index is 13.0. The molecule has 0 aliphatic carbocycles. The monoisotopic (exact) mass is 457 g/mol. The summed E-state index contributed by atoms with van der Waals surface area (Å²) in [6.45, 7) is 8.93. The molecule has 0 saturated carbocycles. The predicted octanol–water partition coefficient (Wildman–Crippen LogP) is 3.88. The smallest absolute Gasteiger partial charge is 0.336 e. The van der Waals surface area contributed by atoms with Gasteiger partial charge in [0, 0.05) is 17.0 Å². The van der Waals surface area contributed by atoms with Crippen LogP contribution in [0.5, 0.6) is 5.75 Å². The molecule has 2 aromatic carbocycles.